The molecule has 0 spiro atoms. The van der Waals surface area contributed by atoms with E-state index in [1.54, 1.807) is 43.0 Å². The Morgan fingerprint density at radius 3 is 1.78 bits per heavy atom. The summed E-state index contributed by atoms with van der Waals surface area (Å²) in [4.78, 5) is 171. The Labute approximate surface area is 594 Å². The molecular weight excluding hydrogens is 1360 g/mol. The minimum absolute atomic E-state index is 0.0142. The second-order valence-corrected chi connectivity index (χ2v) is 27.7. The number of aliphatic carboxylic acids is 2. The van der Waals surface area contributed by atoms with Gasteiger partial charge in [-0.1, -0.05) is 42.8 Å². The fraction of sp³-hybridized carbons (Fsp3) is 0.408. The van der Waals surface area contributed by atoms with Crippen molar-refractivity contribution in [2.45, 2.75) is 150 Å². The van der Waals surface area contributed by atoms with Crippen molar-refractivity contribution in [2.75, 3.05) is 31.7 Å². The molecule has 2 aliphatic heterocycles. The van der Waals surface area contributed by atoms with Crippen LogP contribution < -0.4 is 47.3 Å². The molecule has 4 aromatic carbocycles. The second-order valence-electron chi connectivity index (χ2n) is 25.4. The molecule has 13 N–H and O–H groups in total. The fourth-order valence-corrected chi connectivity index (χ4v) is 14.0. The van der Waals surface area contributed by atoms with Crippen molar-refractivity contribution < 1.29 is 76.5 Å². The molecule has 27 nitrogen and oxygen atoms in total. The zero-order valence-electron chi connectivity index (χ0n) is 56.4. The minimum Gasteiger partial charge on any atom is -0.497 e. The predicted molar refractivity (Wildman–Crippen MR) is 376 cm³/mol. The molecule has 0 aliphatic carbocycles. The molecular formula is C71H83F2N13O14S2. The Morgan fingerprint density at radius 2 is 1.20 bits per heavy atom. The highest BCUT2D eigenvalue weighted by molar-refractivity contribution is 7.98. The lowest BCUT2D eigenvalue weighted by molar-refractivity contribution is -0.146. The van der Waals surface area contributed by atoms with E-state index in [0.717, 1.165) is 11.1 Å². The lowest BCUT2D eigenvalue weighted by atomic mass is 9.95. The second kappa shape index (κ2) is 35.8. The highest BCUT2D eigenvalue weighted by atomic mass is 32.2. The molecule has 5 heterocycles. The third kappa shape index (κ3) is 20.9. The number of H-pyrrole nitrogens is 3. The van der Waals surface area contributed by atoms with Gasteiger partial charge < -0.3 is 77.3 Å². The maximum absolute atomic E-state index is 15.2. The van der Waals surface area contributed by atoms with Crippen molar-refractivity contribution in [3.63, 3.8) is 0 Å². The average molecular weight is 1440 g/mol. The third-order valence-corrected chi connectivity index (χ3v) is 19.9. The molecule has 31 heteroatoms. The highest BCUT2D eigenvalue weighted by Gasteiger charge is 2.48. The van der Waals surface area contributed by atoms with E-state index in [4.69, 9.17) is 4.74 Å². The average Bonchev–Trinajstić information content (AvgIpc) is 1.71. The smallest absolute Gasteiger partial charge is 0.305 e. The van der Waals surface area contributed by atoms with Crippen LogP contribution in [-0.4, -0.2) is 180 Å². The number of benzene rings is 4. The van der Waals surface area contributed by atoms with Crippen LogP contribution in [0.2, 0.25) is 0 Å². The van der Waals surface area contributed by atoms with Gasteiger partial charge in [-0.2, -0.15) is 23.5 Å². The zero-order chi connectivity index (χ0) is 73.0. The van der Waals surface area contributed by atoms with Gasteiger partial charge in [-0.25, -0.2) is 13.8 Å². The topological polar surface area (TPSA) is 397 Å². The molecule has 102 heavy (non-hydrogen) atoms. The zero-order valence-corrected chi connectivity index (χ0v) is 58.1. The van der Waals surface area contributed by atoms with Gasteiger partial charge in [0.2, 0.25) is 53.2 Å². The Hall–Kier alpha value is -10.3. The molecule has 1 saturated heterocycles. The van der Waals surface area contributed by atoms with Gasteiger partial charge >= 0.3 is 11.9 Å². The van der Waals surface area contributed by atoms with Gasteiger partial charge in [0.15, 0.2) is 0 Å². The summed E-state index contributed by atoms with van der Waals surface area (Å²) >= 11 is 3.06. The standard InChI is InChI=1S/C71H83F2N13O14S2/c1-40-63(92)81-55(28-44-34-76-52-18-14-46(72)30-50(44)52)65(94)82-56(29-45-35-77-53-19-15-47(73)31-51(45)53)66(95)84-58(33-62(90)91)68(97)83-57(32-48-36-74-39-78-48)67(96)85-59(27-41-12-16-49(100-3)17-13-41)69(98)86-23-7-21-71(86,2)70(99)75-22-25-102-38-43-9-6-8-42(26-43)37-101-24-20-60(87)80-54(64(93)79-40)10-4-5-11-61(88)89/h6,8-9,12-19,26,30-31,34-36,39-40,54-59,76-77H,4-5,7,10-11,20-25,27-29,32-33,37-38H2,1-3H3,(H,74,78)(H,75,99)(H,79,93)(H,80,87)(H,81,92)(H,82,94)(H,83,97)(H,84,95)(H,85,96)(H,88,89)(H,90,91)/t40-,54+,55+,56+,57+,58+,59+,71+/m1/s1. The van der Waals surface area contributed by atoms with Crippen molar-refractivity contribution in [1.29, 1.82) is 0 Å². The third-order valence-electron chi connectivity index (χ3n) is 17.9. The number of nitrogens with zero attached hydrogens (tertiary/aromatic N) is 2. The lowest BCUT2D eigenvalue weighted by Crippen LogP contribution is -2.62. The van der Waals surface area contributed by atoms with Gasteiger partial charge in [-0.05, 0) is 116 Å². The van der Waals surface area contributed by atoms with Gasteiger partial charge in [0.05, 0.1) is 19.9 Å². The van der Waals surface area contributed by atoms with E-state index < -0.39 is 144 Å². The summed E-state index contributed by atoms with van der Waals surface area (Å²) in [6.07, 6.45) is 3.99. The number of nitrogens with one attached hydrogen (secondary N) is 11. The number of carboxylic acids is 2. The molecule has 7 aromatic rings. The highest BCUT2D eigenvalue weighted by Crippen LogP contribution is 2.31. The quantitative estimate of drug-likeness (QED) is 0.0591. The van der Waals surface area contributed by atoms with Gasteiger partial charge in [-0.15, -0.1) is 0 Å². The summed E-state index contributed by atoms with van der Waals surface area (Å²) in [6, 6.07) is 11.0. The summed E-state index contributed by atoms with van der Waals surface area (Å²) in [7, 11) is 1.48. The summed E-state index contributed by atoms with van der Waals surface area (Å²) in [5, 5.41) is 41.7. The maximum atomic E-state index is 15.2. The number of halogens is 2. The van der Waals surface area contributed by atoms with Gasteiger partial charge in [0.25, 0.3) is 0 Å². The first-order valence-corrected chi connectivity index (χ1v) is 35.7. The number of unbranched alkanes of at least 4 members (excludes halogenated alkanes) is 1. The fourth-order valence-electron chi connectivity index (χ4n) is 12.4. The van der Waals surface area contributed by atoms with Crippen LogP contribution in [0.5, 0.6) is 5.75 Å². The van der Waals surface area contributed by atoms with Crippen molar-refractivity contribution in [2.24, 2.45) is 0 Å². The first kappa shape index (κ1) is 75.9. The van der Waals surface area contributed by atoms with Crippen LogP contribution in [0.4, 0.5) is 8.78 Å². The monoisotopic (exact) mass is 1440 g/mol. The Bertz CT molecular complexity index is 4180. The molecule has 0 saturated carbocycles. The number of fused-ring (bicyclic) bond motifs is 5. The molecule has 1 fully saturated rings. The number of aromatic amines is 3. The van der Waals surface area contributed by atoms with E-state index in [2.05, 4.69) is 62.5 Å². The number of amides is 9. The lowest BCUT2D eigenvalue weighted by Gasteiger charge is -2.36. The maximum Gasteiger partial charge on any atom is 0.305 e. The summed E-state index contributed by atoms with van der Waals surface area (Å²) in [6.45, 7) is 3.36. The minimum atomic E-state index is -2.02. The largest absolute Gasteiger partial charge is 0.497 e. The first-order chi connectivity index (χ1) is 48.9. The van der Waals surface area contributed by atoms with Crippen LogP contribution in [0.3, 0.4) is 0 Å². The molecule has 9 rings (SSSR count). The Balaban J connectivity index is 1.06. The van der Waals surface area contributed by atoms with Crippen LogP contribution in [0.1, 0.15) is 98.7 Å². The summed E-state index contributed by atoms with van der Waals surface area (Å²) in [5.74, 6) is -9.20. The molecule has 8 atom stereocenters. The van der Waals surface area contributed by atoms with Crippen LogP contribution in [-0.2, 0) is 89.9 Å². The summed E-state index contributed by atoms with van der Waals surface area (Å²) in [5.41, 5.74) is 2.89. The molecule has 0 radical (unpaired) electrons. The van der Waals surface area contributed by atoms with E-state index in [-0.39, 0.29) is 75.4 Å². The molecule has 2 bridgehead atoms. The number of aromatic nitrogens is 4. The number of carboxylic acid groups (broad SMARTS) is 2. The van der Waals surface area contributed by atoms with Crippen molar-refractivity contribution in [1.82, 2.24) is 67.4 Å². The molecule has 2 aliphatic rings. The van der Waals surface area contributed by atoms with Crippen molar-refractivity contribution >= 4 is 110 Å². The van der Waals surface area contributed by atoms with Gasteiger partial charge in [-0.3, -0.25) is 52.7 Å². The SMILES string of the molecule is COc1ccc(C[C@@H]2NC(=O)[C@H](Cc3cnc[nH]3)NC(=O)[C@H](CC(=O)O)NC(=O)[C@H](Cc3c[nH]c4ccc(F)cc34)NC(=O)[C@H](Cc3c[nH]c4ccc(F)cc34)NC(=O)[C@@H](C)NC(=O)[C@H](CCCCC(=O)O)NC(=O)CCSCc3cccc(c3)CSCCNC(=O)[C@]3(C)CCCN3C2=O)cc1. The van der Waals surface area contributed by atoms with Gasteiger partial charge in [0.1, 0.15) is 65.2 Å². The van der Waals surface area contributed by atoms with E-state index >= 15 is 19.2 Å². The molecule has 9 amide bonds. The number of hydrogen-bond acceptors (Lipinski definition) is 15. The van der Waals surface area contributed by atoms with E-state index in [0.29, 0.717) is 68.4 Å². The van der Waals surface area contributed by atoms with Crippen LogP contribution in [0.25, 0.3) is 21.8 Å². The number of thioether (sulfide) groups is 2. The van der Waals surface area contributed by atoms with Crippen LogP contribution in [0.15, 0.2) is 110 Å². The van der Waals surface area contributed by atoms with E-state index in [1.807, 2.05) is 24.3 Å². The molecule has 3 aromatic heterocycles. The number of imidazole rings is 1. The van der Waals surface area contributed by atoms with E-state index in [9.17, 15) is 52.6 Å². The number of rotatable bonds is 16. The summed E-state index contributed by atoms with van der Waals surface area (Å²) < 4.78 is 35.3. The van der Waals surface area contributed by atoms with Crippen LogP contribution in [0, 0.1) is 11.6 Å². The number of carbonyl (C=O) groups excluding carboxylic acids is 9. The Kier molecular flexibility index (Phi) is 26.7. The van der Waals surface area contributed by atoms with Crippen LogP contribution >= 0.6 is 23.5 Å². The Morgan fingerprint density at radius 1 is 0.627 bits per heavy atom. The normalized spacial score (nSPS) is 22.6. The molecule has 0 unspecified atom stereocenters. The predicted octanol–water partition coefficient (Wildman–Crippen LogP) is 4.53. The number of carbonyl (C=O) groups is 11. The first-order valence-electron chi connectivity index (χ1n) is 33.4. The molecule has 542 valence electrons. The van der Waals surface area contributed by atoms with Crippen molar-refractivity contribution in [3.8, 4) is 5.75 Å². The number of methoxy groups -OCH3 is 1. The van der Waals surface area contributed by atoms with Gasteiger partial charge in [0, 0.05) is 121 Å². The number of ether oxygens (including phenoxy) is 1. The van der Waals surface area contributed by atoms with Crippen molar-refractivity contribution in [3.05, 3.63) is 155 Å². The van der Waals surface area contributed by atoms with E-state index in [1.165, 1.54) is 92.0 Å². The number of hydrogen-bond donors (Lipinski definition) is 13.